The summed E-state index contributed by atoms with van der Waals surface area (Å²) in [4.78, 5) is 27.9. The van der Waals surface area contributed by atoms with Gasteiger partial charge in [0.25, 0.3) is 5.56 Å². The van der Waals surface area contributed by atoms with E-state index < -0.39 is 0 Å². The van der Waals surface area contributed by atoms with Crippen LogP contribution in [0.2, 0.25) is 0 Å². The van der Waals surface area contributed by atoms with Gasteiger partial charge >= 0.3 is 0 Å². The van der Waals surface area contributed by atoms with Crippen molar-refractivity contribution in [1.29, 1.82) is 0 Å². The molecule has 2 rings (SSSR count). The number of carbonyl (C=O) groups is 1. The van der Waals surface area contributed by atoms with Gasteiger partial charge in [-0.2, -0.15) is 0 Å². The van der Waals surface area contributed by atoms with Crippen LogP contribution in [-0.2, 0) is 6.54 Å². The van der Waals surface area contributed by atoms with Crippen molar-refractivity contribution in [3.05, 3.63) is 56.7 Å². The van der Waals surface area contributed by atoms with Crippen LogP contribution in [0.4, 0.5) is 0 Å². The standard InChI is InChI=1S/C14H13BrN2O3/c1-9-5-14(19)17(8-16-9)7-12(18)10-3-4-13(20-2)11(15)6-10/h3-6,8H,7H2,1-2H3. The van der Waals surface area contributed by atoms with Gasteiger partial charge in [0.1, 0.15) is 5.75 Å². The molecule has 2 aromatic rings. The molecule has 1 aromatic carbocycles. The van der Waals surface area contributed by atoms with E-state index in [1.54, 1.807) is 32.2 Å². The Morgan fingerprint density at radius 1 is 1.40 bits per heavy atom. The zero-order chi connectivity index (χ0) is 14.7. The van der Waals surface area contributed by atoms with E-state index in [1.807, 2.05) is 0 Å². The zero-order valence-corrected chi connectivity index (χ0v) is 12.7. The summed E-state index contributed by atoms with van der Waals surface area (Å²) < 4.78 is 7.09. The van der Waals surface area contributed by atoms with Gasteiger partial charge in [-0.1, -0.05) is 0 Å². The molecule has 0 radical (unpaired) electrons. The number of benzene rings is 1. The number of hydrogen-bond donors (Lipinski definition) is 0. The lowest BCUT2D eigenvalue weighted by Crippen LogP contribution is -2.24. The van der Waals surface area contributed by atoms with E-state index in [4.69, 9.17) is 4.74 Å². The monoisotopic (exact) mass is 336 g/mol. The highest BCUT2D eigenvalue weighted by Crippen LogP contribution is 2.25. The highest BCUT2D eigenvalue weighted by atomic mass is 79.9. The zero-order valence-electron chi connectivity index (χ0n) is 11.1. The van der Waals surface area contributed by atoms with Gasteiger partial charge in [0.15, 0.2) is 5.78 Å². The lowest BCUT2D eigenvalue weighted by atomic mass is 10.1. The quantitative estimate of drug-likeness (QED) is 0.803. The normalized spacial score (nSPS) is 10.3. The molecule has 0 aliphatic heterocycles. The molecule has 6 heteroatoms. The number of methoxy groups -OCH3 is 1. The minimum Gasteiger partial charge on any atom is -0.496 e. The number of aryl methyl sites for hydroxylation is 1. The topological polar surface area (TPSA) is 61.2 Å². The highest BCUT2D eigenvalue weighted by Gasteiger charge is 2.10. The van der Waals surface area contributed by atoms with Crippen molar-refractivity contribution < 1.29 is 9.53 Å². The van der Waals surface area contributed by atoms with Crippen molar-refractivity contribution in [2.45, 2.75) is 13.5 Å². The van der Waals surface area contributed by atoms with Crippen LogP contribution in [0.25, 0.3) is 0 Å². The first kappa shape index (κ1) is 14.5. The lowest BCUT2D eigenvalue weighted by molar-refractivity contribution is 0.0970. The van der Waals surface area contributed by atoms with Crippen LogP contribution in [0.1, 0.15) is 16.1 Å². The van der Waals surface area contributed by atoms with Crippen LogP contribution >= 0.6 is 15.9 Å². The number of rotatable bonds is 4. The average molecular weight is 337 g/mol. The summed E-state index contributed by atoms with van der Waals surface area (Å²) >= 11 is 3.33. The molecule has 0 unspecified atom stereocenters. The first-order valence-corrected chi connectivity index (χ1v) is 6.70. The number of halogens is 1. The molecular formula is C14H13BrN2O3. The lowest BCUT2D eigenvalue weighted by Gasteiger charge is -2.07. The van der Waals surface area contributed by atoms with Gasteiger partial charge in [-0.3, -0.25) is 14.2 Å². The summed E-state index contributed by atoms with van der Waals surface area (Å²) in [6.45, 7) is 1.69. The van der Waals surface area contributed by atoms with Crippen LogP contribution in [0.3, 0.4) is 0 Å². The third-order valence-corrected chi connectivity index (χ3v) is 3.42. The Balaban J connectivity index is 2.24. The van der Waals surface area contributed by atoms with Crippen molar-refractivity contribution in [3.63, 3.8) is 0 Å². The van der Waals surface area contributed by atoms with Crippen molar-refractivity contribution in [2.75, 3.05) is 7.11 Å². The van der Waals surface area contributed by atoms with Crippen molar-refractivity contribution in [1.82, 2.24) is 9.55 Å². The molecule has 5 nitrogen and oxygen atoms in total. The predicted molar refractivity (Wildman–Crippen MR) is 78.3 cm³/mol. The fourth-order valence-corrected chi connectivity index (χ4v) is 2.26. The molecule has 0 saturated carbocycles. The van der Waals surface area contributed by atoms with Gasteiger partial charge in [0, 0.05) is 17.3 Å². The van der Waals surface area contributed by atoms with E-state index in [2.05, 4.69) is 20.9 Å². The van der Waals surface area contributed by atoms with Gasteiger partial charge in [-0.25, -0.2) is 4.98 Å². The number of hydrogen-bond acceptors (Lipinski definition) is 4. The molecule has 0 amide bonds. The fraction of sp³-hybridized carbons (Fsp3) is 0.214. The molecule has 1 heterocycles. The maximum Gasteiger partial charge on any atom is 0.253 e. The molecule has 0 saturated heterocycles. The SMILES string of the molecule is COc1ccc(C(=O)Cn2cnc(C)cc2=O)cc1Br. The van der Waals surface area contributed by atoms with Crippen LogP contribution < -0.4 is 10.3 Å². The Bertz CT molecular complexity index is 710. The summed E-state index contributed by atoms with van der Waals surface area (Å²) in [6, 6.07) is 6.44. The number of nitrogens with zero attached hydrogens (tertiary/aromatic N) is 2. The van der Waals surface area contributed by atoms with Gasteiger partial charge < -0.3 is 4.74 Å². The minimum atomic E-state index is -0.238. The van der Waals surface area contributed by atoms with Crippen LogP contribution in [0, 0.1) is 6.92 Å². The van der Waals surface area contributed by atoms with Gasteiger partial charge in [-0.15, -0.1) is 0 Å². The number of ether oxygens (including phenoxy) is 1. The molecule has 0 bridgehead atoms. The van der Waals surface area contributed by atoms with Crippen molar-refractivity contribution in [2.24, 2.45) is 0 Å². The maximum absolute atomic E-state index is 12.2. The molecule has 0 atom stereocenters. The number of ketones is 1. The summed E-state index contributed by atoms with van der Waals surface area (Å²) in [5, 5.41) is 0. The molecule has 104 valence electrons. The Morgan fingerprint density at radius 2 is 2.15 bits per heavy atom. The molecule has 0 N–H and O–H groups in total. The number of carbonyl (C=O) groups excluding carboxylic acids is 1. The summed E-state index contributed by atoms with van der Waals surface area (Å²) in [5.41, 5.74) is 0.898. The average Bonchev–Trinajstić information content (AvgIpc) is 2.41. The van der Waals surface area contributed by atoms with Gasteiger partial charge in [0.05, 0.1) is 24.5 Å². The first-order chi connectivity index (χ1) is 9.51. The second-order valence-electron chi connectivity index (χ2n) is 4.27. The van der Waals surface area contributed by atoms with Crippen LogP contribution in [0.15, 0.2) is 39.9 Å². The molecule has 0 fully saturated rings. The van der Waals surface area contributed by atoms with Gasteiger partial charge in [-0.05, 0) is 41.1 Å². The number of aromatic nitrogens is 2. The van der Waals surface area contributed by atoms with E-state index in [0.29, 0.717) is 21.5 Å². The fourth-order valence-electron chi connectivity index (χ4n) is 1.72. The van der Waals surface area contributed by atoms with E-state index >= 15 is 0 Å². The second kappa shape index (κ2) is 6.00. The Morgan fingerprint density at radius 3 is 2.75 bits per heavy atom. The Kier molecular flexibility index (Phi) is 4.34. The van der Waals surface area contributed by atoms with Crippen LogP contribution in [-0.4, -0.2) is 22.4 Å². The van der Waals surface area contributed by atoms with Crippen molar-refractivity contribution >= 4 is 21.7 Å². The maximum atomic E-state index is 12.2. The summed E-state index contributed by atoms with van der Waals surface area (Å²) in [6.07, 6.45) is 1.38. The number of Topliss-reactive ketones (excluding diaryl/α,β-unsaturated/α-hetero) is 1. The summed E-state index contributed by atoms with van der Waals surface area (Å²) in [7, 11) is 1.55. The first-order valence-electron chi connectivity index (χ1n) is 5.91. The molecule has 0 spiro atoms. The van der Waals surface area contributed by atoms with E-state index in [0.717, 1.165) is 0 Å². The van der Waals surface area contributed by atoms with E-state index in [1.165, 1.54) is 17.0 Å². The van der Waals surface area contributed by atoms with E-state index in [9.17, 15) is 9.59 Å². The highest BCUT2D eigenvalue weighted by molar-refractivity contribution is 9.10. The largest absolute Gasteiger partial charge is 0.496 e. The minimum absolute atomic E-state index is 0.0368. The molecular weight excluding hydrogens is 324 g/mol. The second-order valence-corrected chi connectivity index (χ2v) is 5.12. The third kappa shape index (κ3) is 3.14. The Hall–Kier alpha value is -1.95. The van der Waals surface area contributed by atoms with Crippen molar-refractivity contribution in [3.8, 4) is 5.75 Å². The van der Waals surface area contributed by atoms with Crippen LogP contribution in [0.5, 0.6) is 5.75 Å². The molecule has 1 aromatic heterocycles. The third-order valence-electron chi connectivity index (χ3n) is 2.80. The smallest absolute Gasteiger partial charge is 0.253 e. The molecule has 0 aliphatic rings. The summed E-state index contributed by atoms with van der Waals surface area (Å²) in [5.74, 6) is 0.483. The molecule has 0 aliphatic carbocycles. The molecule has 20 heavy (non-hydrogen) atoms. The predicted octanol–water partition coefficient (Wildman–Crippen LogP) is 2.21. The van der Waals surface area contributed by atoms with Gasteiger partial charge in [0.2, 0.25) is 0 Å². The van der Waals surface area contributed by atoms with E-state index in [-0.39, 0.29) is 17.9 Å². The Labute approximate surface area is 124 Å².